The first-order valence-electron chi connectivity index (χ1n) is 11.3. The highest BCUT2D eigenvalue weighted by Gasteiger charge is 2.17. The fourth-order valence-electron chi connectivity index (χ4n) is 3.68. The van der Waals surface area contributed by atoms with E-state index in [0.29, 0.717) is 11.7 Å². The van der Waals surface area contributed by atoms with Crippen molar-refractivity contribution in [2.45, 2.75) is 18.2 Å². The molecule has 0 saturated heterocycles. The molecule has 0 atom stereocenters. The van der Waals surface area contributed by atoms with Crippen molar-refractivity contribution in [1.82, 2.24) is 29.6 Å². The molecule has 3 aromatic carbocycles. The highest BCUT2D eigenvalue weighted by Crippen LogP contribution is 2.27. The van der Waals surface area contributed by atoms with Crippen LogP contribution in [-0.2, 0) is 17.9 Å². The fourth-order valence-corrected chi connectivity index (χ4v) is 4.46. The summed E-state index contributed by atoms with van der Waals surface area (Å²) in [6.07, 6.45) is 5.51. The number of imidazole rings is 1. The molecule has 0 aliphatic rings. The van der Waals surface area contributed by atoms with E-state index in [1.807, 2.05) is 88.1 Å². The third-order valence-electron chi connectivity index (χ3n) is 5.45. The van der Waals surface area contributed by atoms with Gasteiger partial charge in [-0.1, -0.05) is 84.6 Å². The number of hydrogen-bond donors (Lipinski definition) is 1. The Morgan fingerprint density at radius 3 is 2.29 bits per heavy atom. The first-order valence-corrected chi connectivity index (χ1v) is 12.2. The van der Waals surface area contributed by atoms with E-state index in [2.05, 4.69) is 32.6 Å². The van der Waals surface area contributed by atoms with Crippen LogP contribution >= 0.6 is 11.8 Å². The van der Waals surface area contributed by atoms with Gasteiger partial charge < -0.3 is 9.88 Å². The van der Waals surface area contributed by atoms with Crippen LogP contribution < -0.4 is 5.32 Å². The lowest BCUT2D eigenvalue weighted by Crippen LogP contribution is -2.24. The number of nitrogens with one attached hydrogen (secondary N) is 1. The molecular weight excluding hydrogens is 456 g/mol. The molecule has 0 aliphatic carbocycles. The molecule has 5 aromatic rings. The Bertz CT molecular complexity index is 1370. The Kier molecular flexibility index (Phi) is 7.00. The lowest BCUT2D eigenvalue weighted by atomic mass is 10.1. The smallest absolute Gasteiger partial charge is 0.230 e. The summed E-state index contributed by atoms with van der Waals surface area (Å²) in [4.78, 5) is 16.7. The second-order valence-electron chi connectivity index (χ2n) is 7.96. The Morgan fingerprint density at radius 2 is 1.57 bits per heavy atom. The molecule has 0 fully saturated rings. The summed E-state index contributed by atoms with van der Waals surface area (Å²) in [5.41, 5.74) is 4.16. The zero-order valence-electron chi connectivity index (χ0n) is 19.0. The number of para-hydroxylation sites is 1. The van der Waals surface area contributed by atoms with Crippen LogP contribution in [0, 0.1) is 0 Å². The van der Waals surface area contributed by atoms with E-state index in [1.54, 1.807) is 12.5 Å². The number of rotatable bonds is 9. The Labute approximate surface area is 207 Å². The minimum absolute atomic E-state index is 0.0543. The number of amides is 1. The van der Waals surface area contributed by atoms with Crippen molar-refractivity contribution in [2.75, 3.05) is 5.75 Å². The van der Waals surface area contributed by atoms with Crippen molar-refractivity contribution in [2.24, 2.45) is 0 Å². The lowest BCUT2D eigenvalue weighted by Gasteiger charge is -2.10. The Morgan fingerprint density at radius 1 is 0.857 bits per heavy atom. The molecule has 0 spiro atoms. The summed E-state index contributed by atoms with van der Waals surface area (Å²) < 4.78 is 4.01. The summed E-state index contributed by atoms with van der Waals surface area (Å²) in [7, 11) is 0. The van der Waals surface area contributed by atoms with Gasteiger partial charge in [-0.2, -0.15) is 0 Å². The van der Waals surface area contributed by atoms with Crippen LogP contribution in [0.25, 0.3) is 17.1 Å². The highest BCUT2D eigenvalue weighted by molar-refractivity contribution is 7.99. The van der Waals surface area contributed by atoms with Gasteiger partial charge in [0.1, 0.15) is 0 Å². The molecule has 0 aliphatic heterocycles. The van der Waals surface area contributed by atoms with Crippen LogP contribution in [0.1, 0.15) is 11.1 Å². The molecule has 35 heavy (non-hydrogen) atoms. The third-order valence-corrected chi connectivity index (χ3v) is 6.38. The monoisotopic (exact) mass is 480 g/mol. The lowest BCUT2D eigenvalue weighted by molar-refractivity contribution is -0.118. The van der Waals surface area contributed by atoms with E-state index in [-0.39, 0.29) is 11.7 Å². The number of thioether (sulfide) groups is 1. The molecule has 2 aromatic heterocycles. The van der Waals surface area contributed by atoms with Gasteiger partial charge >= 0.3 is 0 Å². The van der Waals surface area contributed by atoms with Gasteiger partial charge in [0.25, 0.3) is 0 Å². The maximum absolute atomic E-state index is 12.6. The topological polar surface area (TPSA) is 77.6 Å². The van der Waals surface area contributed by atoms with Crippen molar-refractivity contribution in [1.29, 1.82) is 0 Å². The van der Waals surface area contributed by atoms with Gasteiger partial charge in [0.05, 0.1) is 12.1 Å². The zero-order chi connectivity index (χ0) is 23.9. The molecule has 7 nitrogen and oxygen atoms in total. The molecule has 2 heterocycles. The maximum atomic E-state index is 12.6. The van der Waals surface area contributed by atoms with Crippen molar-refractivity contribution >= 4 is 17.7 Å². The predicted molar refractivity (Wildman–Crippen MR) is 137 cm³/mol. The number of carbonyl (C=O) groups is 1. The van der Waals surface area contributed by atoms with Gasteiger partial charge in [0, 0.05) is 36.7 Å². The van der Waals surface area contributed by atoms with Gasteiger partial charge in [0.2, 0.25) is 5.91 Å². The molecule has 0 radical (unpaired) electrons. The minimum atomic E-state index is -0.0543. The minimum Gasteiger partial charge on any atom is -0.351 e. The summed E-state index contributed by atoms with van der Waals surface area (Å²) in [6.45, 7) is 1.25. The molecule has 0 saturated carbocycles. The van der Waals surface area contributed by atoms with E-state index in [1.165, 1.54) is 17.3 Å². The summed E-state index contributed by atoms with van der Waals surface area (Å²) >= 11 is 1.37. The highest BCUT2D eigenvalue weighted by atomic mass is 32.2. The molecule has 0 unspecified atom stereocenters. The summed E-state index contributed by atoms with van der Waals surface area (Å²) in [6, 6.07) is 28.1. The predicted octanol–water partition coefficient (Wildman–Crippen LogP) is 4.59. The summed E-state index contributed by atoms with van der Waals surface area (Å²) in [5.74, 6) is 0.940. The first kappa shape index (κ1) is 22.6. The zero-order valence-corrected chi connectivity index (χ0v) is 19.8. The standard InChI is InChI=1S/C27H24N6OS/c34-25(29-17-21-11-13-22(14-12-21)18-32-16-15-28-20-32)19-35-27-31-30-26(23-7-3-1-4-8-23)33(27)24-9-5-2-6-10-24/h1-16,20H,17-19H2,(H,29,34). The van der Waals surface area contributed by atoms with Crippen molar-refractivity contribution in [3.05, 3.63) is 115 Å². The average Bonchev–Trinajstić information content (AvgIpc) is 3.58. The molecule has 0 bridgehead atoms. The molecule has 1 N–H and O–H groups in total. The van der Waals surface area contributed by atoms with Crippen LogP contribution in [-0.4, -0.2) is 36.0 Å². The van der Waals surface area contributed by atoms with Gasteiger partial charge in [-0.3, -0.25) is 9.36 Å². The quantitative estimate of drug-likeness (QED) is 0.312. The van der Waals surface area contributed by atoms with Crippen molar-refractivity contribution < 1.29 is 4.79 Å². The number of hydrogen-bond acceptors (Lipinski definition) is 5. The third kappa shape index (κ3) is 5.67. The number of aromatic nitrogens is 5. The number of carbonyl (C=O) groups excluding carboxylic acids is 1. The van der Waals surface area contributed by atoms with E-state index >= 15 is 0 Å². The Balaban J connectivity index is 1.22. The molecule has 8 heteroatoms. The van der Waals surface area contributed by atoms with Gasteiger partial charge in [-0.05, 0) is 23.3 Å². The van der Waals surface area contributed by atoms with Crippen LogP contribution in [0.5, 0.6) is 0 Å². The van der Waals surface area contributed by atoms with Gasteiger partial charge in [-0.15, -0.1) is 10.2 Å². The molecule has 1 amide bonds. The number of nitrogens with zero attached hydrogens (tertiary/aromatic N) is 5. The van der Waals surface area contributed by atoms with Crippen molar-refractivity contribution in [3.63, 3.8) is 0 Å². The SMILES string of the molecule is O=C(CSc1nnc(-c2ccccc2)n1-c1ccccc1)NCc1ccc(Cn2ccnc2)cc1. The van der Waals surface area contributed by atoms with Crippen LogP contribution in [0.2, 0.25) is 0 Å². The van der Waals surface area contributed by atoms with Crippen LogP contribution in [0.15, 0.2) is 109 Å². The second-order valence-corrected chi connectivity index (χ2v) is 8.90. The van der Waals surface area contributed by atoms with Crippen LogP contribution in [0.4, 0.5) is 0 Å². The first-order chi connectivity index (χ1) is 17.3. The van der Waals surface area contributed by atoms with Crippen molar-refractivity contribution in [3.8, 4) is 17.1 Å². The fraction of sp³-hybridized carbons (Fsp3) is 0.111. The molecule has 5 rings (SSSR count). The normalized spacial score (nSPS) is 10.9. The number of benzene rings is 3. The molecular formula is C27H24N6OS. The summed E-state index contributed by atoms with van der Waals surface area (Å²) in [5, 5.41) is 12.5. The van der Waals surface area contributed by atoms with E-state index in [9.17, 15) is 4.79 Å². The van der Waals surface area contributed by atoms with E-state index < -0.39 is 0 Å². The van der Waals surface area contributed by atoms with E-state index in [4.69, 9.17) is 0 Å². The second kappa shape index (κ2) is 10.8. The van der Waals surface area contributed by atoms with Gasteiger partial charge in [-0.25, -0.2) is 4.98 Å². The molecule has 174 valence electrons. The largest absolute Gasteiger partial charge is 0.351 e. The van der Waals surface area contributed by atoms with E-state index in [0.717, 1.165) is 29.2 Å². The van der Waals surface area contributed by atoms with Crippen LogP contribution in [0.3, 0.4) is 0 Å². The Hall–Kier alpha value is -4.17. The van der Waals surface area contributed by atoms with Gasteiger partial charge in [0.15, 0.2) is 11.0 Å². The maximum Gasteiger partial charge on any atom is 0.230 e. The average molecular weight is 481 g/mol.